The topological polar surface area (TPSA) is 72.7 Å². The smallest absolute Gasteiger partial charge is 0.241 e. The minimum absolute atomic E-state index is 0.248. The van der Waals surface area contributed by atoms with Gasteiger partial charge in [0.1, 0.15) is 11.3 Å². The molecule has 2 aromatic rings. The van der Waals surface area contributed by atoms with Crippen molar-refractivity contribution >= 4 is 20.9 Å². The SMILES string of the molecule is COc1ccc(S(=O)(=O)NCC[NH+]2CCCC2)c2cccnc12. The summed E-state index contributed by atoms with van der Waals surface area (Å²) >= 11 is 0. The molecule has 1 saturated heterocycles. The molecule has 0 spiro atoms. The minimum atomic E-state index is -3.56. The fraction of sp³-hybridized carbons (Fsp3) is 0.438. The standard InChI is InChI=1S/C16H21N3O3S/c1-22-14-6-7-15(13-5-4-8-17-16(13)14)23(20,21)18-9-12-19-10-2-3-11-19/h4-8,18H,2-3,9-12H2,1H3/p+1. The molecule has 23 heavy (non-hydrogen) atoms. The largest absolute Gasteiger partial charge is 0.494 e. The van der Waals surface area contributed by atoms with Crippen LogP contribution in [0.3, 0.4) is 0 Å². The molecule has 0 atom stereocenters. The highest BCUT2D eigenvalue weighted by Crippen LogP contribution is 2.28. The maximum Gasteiger partial charge on any atom is 0.241 e. The molecule has 1 fully saturated rings. The molecule has 0 unspecified atom stereocenters. The molecule has 1 aliphatic rings. The van der Waals surface area contributed by atoms with Crippen molar-refractivity contribution in [2.75, 3.05) is 33.3 Å². The lowest BCUT2D eigenvalue weighted by Crippen LogP contribution is -3.10. The van der Waals surface area contributed by atoms with Crippen LogP contribution < -0.4 is 14.4 Å². The second-order valence-corrected chi connectivity index (χ2v) is 7.51. The van der Waals surface area contributed by atoms with E-state index in [1.807, 2.05) is 0 Å². The highest BCUT2D eigenvalue weighted by Gasteiger charge is 2.21. The molecule has 0 aliphatic carbocycles. The molecule has 2 N–H and O–H groups in total. The van der Waals surface area contributed by atoms with Gasteiger partial charge in [-0.3, -0.25) is 4.98 Å². The number of aromatic nitrogens is 1. The van der Waals surface area contributed by atoms with E-state index in [1.165, 1.54) is 17.7 Å². The van der Waals surface area contributed by atoms with Crippen LogP contribution in [-0.2, 0) is 10.0 Å². The molecule has 0 amide bonds. The van der Waals surface area contributed by atoms with Crippen molar-refractivity contribution in [1.29, 1.82) is 0 Å². The van der Waals surface area contributed by atoms with Gasteiger partial charge in [0.05, 0.1) is 38.2 Å². The Morgan fingerprint density at radius 3 is 2.78 bits per heavy atom. The van der Waals surface area contributed by atoms with E-state index in [9.17, 15) is 8.42 Å². The molecule has 1 aromatic carbocycles. The number of nitrogens with one attached hydrogen (secondary N) is 2. The molecule has 3 rings (SSSR count). The van der Waals surface area contributed by atoms with Crippen LogP contribution in [0.1, 0.15) is 12.8 Å². The Kier molecular flexibility index (Phi) is 4.79. The molecule has 1 aliphatic heterocycles. The Balaban J connectivity index is 1.83. The summed E-state index contributed by atoms with van der Waals surface area (Å²) in [5, 5.41) is 0.577. The Morgan fingerprint density at radius 1 is 1.26 bits per heavy atom. The number of quaternary nitrogens is 1. The Labute approximate surface area is 136 Å². The molecule has 6 nitrogen and oxygen atoms in total. The Bertz CT molecular complexity index is 786. The summed E-state index contributed by atoms with van der Waals surface area (Å²) in [5.74, 6) is 0.570. The first-order valence-electron chi connectivity index (χ1n) is 7.87. The van der Waals surface area contributed by atoms with Crippen molar-refractivity contribution in [2.45, 2.75) is 17.7 Å². The van der Waals surface area contributed by atoms with Gasteiger partial charge in [-0.05, 0) is 24.3 Å². The van der Waals surface area contributed by atoms with Crippen LogP contribution in [0.25, 0.3) is 10.9 Å². The predicted molar refractivity (Wildman–Crippen MR) is 88.3 cm³/mol. The number of methoxy groups -OCH3 is 1. The maximum atomic E-state index is 12.6. The van der Waals surface area contributed by atoms with Crippen molar-refractivity contribution in [2.24, 2.45) is 0 Å². The van der Waals surface area contributed by atoms with Gasteiger partial charge in [-0.15, -0.1) is 0 Å². The summed E-state index contributed by atoms with van der Waals surface area (Å²) in [6, 6.07) is 6.71. The zero-order valence-electron chi connectivity index (χ0n) is 13.2. The second-order valence-electron chi connectivity index (χ2n) is 5.77. The number of pyridine rings is 1. The van der Waals surface area contributed by atoms with E-state index in [-0.39, 0.29) is 4.90 Å². The van der Waals surface area contributed by atoms with E-state index in [4.69, 9.17) is 4.74 Å². The third-order valence-electron chi connectivity index (χ3n) is 4.28. The van der Waals surface area contributed by atoms with E-state index in [2.05, 4.69) is 9.71 Å². The third kappa shape index (κ3) is 3.46. The van der Waals surface area contributed by atoms with Gasteiger partial charge in [0.2, 0.25) is 10.0 Å². The van der Waals surface area contributed by atoms with Crippen LogP contribution >= 0.6 is 0 Å². The number of hydrogen-bond acceptors (Lipinski definition) is 4. The quantitative estimate of drug-likeness (QED) is 0.790. The van der Waals surface area contributed by atoms with Gasteiger partial charge in [0.25, 0.3) is 0 Å². The summed E-state index contributed by atoms with van der Waals surface area (Å²) in [6.45, 7) is 3.55. The average molecular weight is 336 g/mol. The number of hydrogen-bond donors (Lipinski definition) is 2. The fourth-order valence-corrected chi connectivity index (χ4v) is 4.31. The Morgan fingerprint density at radius 2 is 2.04 bits per heavy atom. The molecule has 0 bridgehead atoms. The number of fused-ring (bicyclic) bond motifs is 1. The molecule has 0 radical (unpaired) electrons. The van der Waals surface area contributed by atoms with Crippen LogP contribution in [0.4, 0.5) is 0 Å². The molecule has 1 aromatic heterocycles. The summed E-state index contributed by atoms with van der Waals surface area (Å²) in [5.41, 5.74) is 0.558. The average Bonchev–Trinajstić information content (AvgIpc) is 3.07. The monoisotopic (exact) mass is 336 g/mol. The molecule has 7 heteroatoms. The van der Waals surface area contributed by atoms with Gasteiger partial charge in [0.15, 0.2) is 0 Å². The van der Waals surface area contributed by atoms with E-state index in [0.29, 0.717) is 23.2 Å². The maximum absolute atomic E-state index is 12.6. The van der Waals surface area contributed by atoms with E-state index in [0.717, 1.165) is 19.6 Å². The summed E-state index contributed by atoms with van der Waals surface area (Å²) in [6.07, 6.45) is 4.10. The third-order valence-corrected chi connectivity index (χ3v) is 5.80. The number of rotatable bonds is 6. The van der Waals surface area contributed by atoms with Gasteiger partial charge in [-0.25, -0.2) is 13.1 Å². The number of nitrogens with zero attached hydrogens (tertiary/aromatic N) is 1. The Hall–Kier alpha value is -1.70. The first-order chi connectivity index (χ1) is 11.1. The van der Waals surface area contributed by atoms with Crippen LogP contribution in [0, 0.1) is 0 Å². The van der Waals surface area contributed by atoms with Crippen molar-refractivity contribution in [3.63, 3.8) is 0 Å². The lowest BCUT2D eigenvalue weighted by atomic mass is 10.2. The number of likely N-dealkylation sites (tertiary alicyclic amines) is 1. The zero-order chi connectivity index (χ0) is 16.3. The molecular formula is C16H22N3O3S+. The van der Waals surface area contributed by atoms with E-state index < -0.39 is 10.0 Å². The highest BCUT2D eigenvalue weighted by molar-refractivity contribution is 7.89. The first-order valence-corrected chi connectivity index (χ1v) is 9.35. The molecule has 2 heterocycles. The van der Waals surface area contributed by atoms with Crippen LogP contribution in [0.5, 0.6) is 5.75 Å². The van der Waals surface area contributed by atoms with Crippen LogP contribution in [0.15, 0.2) is 35.4 Å². The second kappa shape index (κ2) is 6.82. The van der Waals surface area contributed by atoms with Crippen molar-refractivity contribution in [3.05, 3.63) is 30.5 Å². The van der Waals surface area contributed by atoms with Gasteiger partial charge >= 0.3 is 0 Å². The summed E-state index contributed by atoms with van der Waals surface area (Å²) in [7, 11) is -2.01. The van der Waals surface area contributed by atoms with Crippen molar-refractivity contribution < 1.29 is 18.1 Å². The first kappa shape index (κ1) is 16.2. The van der Waals surface area contributed by atoms with E-state index >= 15 is 0 Å². The molecular weight excluding hydrogens is 314 g/mol. The molecule has 0 saturated carbocycles. The van der Waals surface area contributed by atoms with Gasteiger partial charge in [-0.1, -0.05) is 0 Å². The van der Waals surface area contributed by atoms with Crippen molar-refractivity contribution in [3.8, 4) is 5.75 Å². The lowest BCUT2D eigenvalue weighted by molar-refractivity contribution is -0.886. The number of benzene rings is 1. The van der Waals surface area contributed by atoms with Crippen molar-refractivity contribution in [1.82, 2.24) is 9.71 Å². The number of sulfonamides is 1. The normalized spacial score (nSPS) is 16.0. The predicted octanol–water partition coefficient (Wildman–Crippen LogP) is 0.200. The van der Waals surface area contributed by atoms with Crippen LogP contribution in [-0.4, -0.2) is 46.7 Å². The summed E-state index contributed by atoms with van der Waals surface area (Å²) < 4.78 is 33.2. The fourth-order valence-electron chi connectivity index (χ4n) is 3.08. The van der Waals surface area contributed by atoms with Gasteiger partial charge in [0, 0.05) is 24.4 Å². The van der Waals surface area contributed by atoms with E-state index in [1.54, 1.807) is 37.6 Å². The van der Waals surface area contributed by atoms with Gasteiger partial charge < -0.3 is 9.64 Å². The van der Waals surface area contributed by atoms with Gasteiger partial charge in [-0.2, -0.15) is 0 Å². The molecule has 124 valence electrons. The zero-order valence-corrected chi connectivity index (χ0v) is 14.0. The van der Waals surface area contributed by atoms with Crippen LogP contribution in [0.2, 0.25) is 0 Å². The lowest BCUT2D eigenvalue weighted by Gasteiger charge is -2.14. The highest BCUT2D eigenvalue weighted by atomic mass is 32.2. The minimum Gasteiger partial charge on any atom is -0.494 e. The number of ether oxygens (including phenoxy) is 1. The summed E-state index contributed by atoms with van der Waals surface area (Å²) in [4.78, 5) is 5.96.